The van der Waals surface area contributed by atoms with E-state index in [9.17, 15) is 14.0 Å². The van der Waals surface area contributed by atoms with Crippen LogP contribution in [0.5, 0.6) is 11.5 Å². The van der Waals surface area contributed by atoms with Crippen molar-refractivity contribution in [2.45, 2.75) is 13.2 Å². The van der Waals surface area contributed by atoms with Gasteiger partial charge in [-0.3, -0.25) is 14.5 Å². The molecule has 9 heteroatoms. The minimum Gasteiger partial charge on any atom is -0.493 e. The van der Waals surface area contributed by atoms with Gasteiger partial charge in [-0.15, -0.1) is 0 Å². The van der Waals surface area contributed by atoms with Gasteiger partial charge in [-0.25, -0.2) is 4.39 Å². The Morgan fingerprint density at radius 2 is 1.76 bits per heavy atom. The van der Waals surface area contributed by atoms with E-state index in [1.165, 1.54) is 19.2 Å². The molecule has 0 saturated carbocycles. The summed E-state index contributed by atoms with van der Waals surface area (Å²) in [6.45, 7) is 0.222. The average molecular weight is 518 g/mol. The molecule has 1 fully saturated rings. The highest BCUT2D eigenvalue weighted by Crippen LogP contribution is 2.36. The van der Waals surface area contributed by atoms with Crippen molar-refractivity contribution in [3.05, 3.63) is 98.1 Å². The zero-order valence-electron chi connectivity index (χ0n) is 17.9. The summed E-state index contributed by atoms with van der Waals surface area (Å²) >= 11 is 13.1. The van der Waals surface area contributed by atoms with Crippen LogP contribution in [-0.4, -0.2) is 23.2 Å². The molecule has 0 aliphatic carbocycles. The quantitative estimate of drug-likeness (QED) is 0.317. The summed E-state index contributed by atoms with van der Waals surface area (Å²) in [5.41, 5.74) is 1.98. The molecular formula is C25H18Cl2FNO4S. The molecule has 1 saturated heterocycles. The van der Waals surface area contributed by atoms with Crippen LogP contribution in [0.2, 0.25) is 10.0 Å². The van der Waals surface area contributed by atoms with Crippen LogP contribution < -0.4 is 9.47 Å². The minimum absolute atomic E-state index is 0.0424. The molecule has 1 aliphatic heterocycles. The Balaban J connectivity index is 1.50. The van der Waals surface area contributed by atoms with Crippen LogP contribution in [-0.2, 0) is 17.9 Å². The van der Waals surface area contributed by atoms with Gasteiger partial charge in [-0.05, 0) is 59.3 Å². The number of nitrogens with zero attached hydrogens (tertiary/aromatic N) is 1. The van der Waals surface area contributed by atoms with E-state index in [0.717, 1.165) is 28.3 Å². The van der Waals surface area contributed by atoms with Gasteiger partial charge in [0.25, 0.3) is 11.1 Å². The third-order valence-corrected chi connectivity index (χ3v) is 6.67. The Bertz CT molecular complexity index is 1300. The summed E-state index contributed by atoms with van der Waals surface area (Å²) in [6, 6.07) is 16.4. The van der Waals surface area contributed by atoms with Crippen LogP contribution in [0.25, 0.3) is 6.08 Å². The van der Waals surface area contributed by atoms with Crippen LogP contribution in [0.15, 0.2) is 65.6 Å². The van der Waals surface area contributed by atoms with Crippen LogP contribution in [0.4, 0.5) is 9.18 Å². The van der Waals surface area contributed by atoms with Crippen molar-refractivity contribution in [2.75, 3.05) is 7.11 Å². The van der Waals surface area contributed by atoms with E-state index in [1.807, 2.05) is 18.2 Å². The van der Waals surface area contributed by atoms with Gasteiger partial charge in [0, 0.05) is 15.6 Å². The molecule has 174 valence electrons. The zero-order valence-corrected chi connectivity index (χ0v) is 20.2. The van der Waals surface area contributed by atoms with Crippen molar-refractivity contribution in [3.63, 3.8) is 0 Å². The van der Waals surface area contributed by atoms with Gasteiger partial charge in [-0.1, -0.05) is 53.5 Å². The van der Waals surface area contributed by atoms with Crippen molar-refractivity contribution in [2.24, 2.45) is 0 Å². The number of hydrogen-bond acceptors (Lipinski definition) is 5. The number of rotatable bonds is 7. The topological polar surface area (TPSA) is 55.8 Å². The third kappa shape index (κ3) is 5.38. The van der Waals surface area contributed by atoms with E-state index in [0.29, 0.717) is 27.6 Å². The lowest BCUT2D eigenvalue weighted by molar-refractivity contribution is -0.123. The summed E-state index contributed by atoms with van der Waals surface area (Å²) in [5, 5.41) is 0.333. The molecule has 0 aromatic heterocycles. The number of benzene rings is 3. The predicted octanol–water partition coefficient (Wildman–Crippen LogP) is 6.96. The lowest BCUT2D eigenvalue weighted by Crippen LogP contribution is -2.27. The normalized spacial score (nSPS) is 14.7. The van der Waals surface area contributed by atoms with Gasteiger partial charge in [0.1, 0.15) is 12.4 Å². The molecule has 0 bridgehead atoms. The van der Waals surface area contributed by atoms with Crippen LogP contribution in [0.3, 0.4) is 0 Å². The number of carbonyl (C=O) groups is 2. The molecule has 1 heterocycles. The second-order valence-corrected chi connectivity index (χ2v) is 9.10. The second-order valence-electron chi connectivity index (χ2n) is 7.29. The van der Waals surface area contributed by atoms with Crippen molar-refractivity contribution >= 4 is 52.2 Å². The largest absolute Gasteiger partial charge is 0.493 e. The van der Waals surface area contributed by atoms with Crippen molar-refractivity contribution in [3.8, 4) is 11.5 Å². The summed E-state index contributed by atoms with van der Waals surface area (Å²) < 4.78 is 24.6. The number of carbonyl (C=O) groups excluding carboxylic acids is 2. The number of halogens is 3. The third-order valence-electron chi connectivity index (χ3n) is 5.04. The van der Waals surface area contributed by atoms with Gasteiger partial charge in [0.05, 0.1) is 18.6 Å². The maximum absolute atomic E-state index is 13.3. The number of thioether (sulfide) groups is 1. The maximum Gasteiger partial charge on any atom is 0.293 e. The van der Waals surface area contributed by atoms with E-state index in [-0.39, 0.29) is 23.1 Å². The number of hydrogen-bond donors (Lipinski definition) is 0. The molecule has 0 N–H and O–H groups in total. The lowest BCUT2D eigenvalue weighted by Gasteiger charge is -2.13. The molecule has 0 unspecified atom stereocenters. The molecule has 34 heavy (non-hydrogen) atoms. The Labute approximate surface area is 210 Å². The first-order valence-corrected chi connectivity index (χ1v) is 11.7. The smallest absolute Gasteiger partial charge is 0.293 e. The monoisotopic (exact) mass is 517 g/mol. The fourth-order valence-corrected chi connectivity index (χ4v) is 4.53. The van der Waals surface area contributed by atoms with Crippen LogP contribution in [0, 0.1) is 5.82 Å². The van der Waals surface area contributed by atoms with Crippen LogP contribution in [0.1, 0.15) is 16.7 Å². The van der Waals surface area contributed by atoms with Gasteiger partial charge in [0.15, 0.2) is 11.5 Å². The number of amides is 2. The number of ether oxygens (including phenoxy) is 2. The zero-order chi connectivity index (χ0) is 24.2. The van der Waals surface area contributed by atoms with Crippen molar-refractivity contribution in [1.29, 1.82) is 0 Å². The maximum atomic E-state index is 13.3. The first-order chi connectivity index (χ1) is 16.4. The van der Waals surface area contributed by atoms with Crippen molar-refractivity contribution < 1.29 is 23.5 Å². The molecule has 2 amide bonds. The first kappa shape index (κ1) is 24.1. The molecule has 4 rings (SSSR count). The molecule has 0 atom stereocenters. The lowest BCUT2D eigenvalue weighted by atomic mass is 10.1. The minimum atomic E-state index is -0.490. The van der Waals surface area contributed by atoms with E-state index < -0.39 is 17.0 Å². The predicted molar refractivity (Wildman–Crippen MR) is 132 cm³/mol. The van der Waals surface area contributed by atoms with E-state index in [2.05, 4.69) is 0 Å². The molecule has 5 nitrogen and oxygen atoms in total. The Morgan fingerprint density at radius 1 is 0.971 bits per heavy atom. The highest BCUT2D eigenvalue weighted by Gasteiger charge is 2.35. The first-order valence-electron chi connectivity index (χ1n) is 10.1. The van der Waals surface area contributed by atoms with Gasteiger partial charge >= 0.3 is 0 Å². The van der Waals surface area contributed by atoms with Gasteiger partial charge in [-0.2, -0.15) is 0 Å². The fourth-order valence-electron chi connectivity index (χ4n) is 3.27. The Hall–Kier alpha value is -3.00. The molecule has 1 aliphatic rings. The second kappa shape index (κ2) is 10.5. The highest BCUT2D eigenvalue weighted by molar-refractivity contribution is 8.18. The van der Waals surface area contributed by atoms with E-state index in [1.54, 1.807) is 30.3 Å². The fraction of sp³-hybridized carbons (Fsp3) is 0.120. The SMILES string of the molecule is COc1cc(/C=C2\SC(=O)N(Cc3ccc(F)cc3Cl)C2=O)ccc1OCc1ccccc1Cl. The van der Waals surface area contributed by atoms with Gasteiger partial charge in [0.2, 0.25) is 0 Å². The highest BCUT2D eigenvalue weighted by atomic mass is 35.5. The summed E-state index contributed by atoms with van der Waals surface area (Å²) in [7, 11) is 1.52. The molecule has 3 aromatic rings. The molecular weight excluding hydrogens is 500 g/mol. The Morgan fingerprint density at radius 3 is 2.50 bits per heavy atom. The van der Waals surface area contributed by atoms with Crippen molar-refractivity contribution in [1.82, 2.24) is 4.90 Å². The summed E-state index contributed by atoms with van der Waals surface area (Å²) in [5.74, 6) is 0.0428. The summed E-state index contributed by atoms with van der Waals surface area (Å²) in [6.07, 6.45) is 1.61. The van der Waals surface area contributed by atoms with E-state index >= 15 is 0 Å². The van der Waals surface area contributed by atoms with E-state index in [4.69, 9.17) is 32.7 Å². The average Bonchev–Trinajstić information content (AvgIpc) is 3.08. The molecule has 0 spiro atoms. The standard InChI is InChI=1S/C25H18Cl2FNO4S/c1-32-22-10-15(6-9-21(22)33-14-17-4-2-3-5-19(17)26)11-23-24(30)29(25(31)34-23)13-16-7-8-18(28)12-20(16)27/h2-12H,13-14H2,1H3/b23-11-. The number of methoxy groups -OCH3 is 1. The Kier molecular flexibility index (Phi) is 7.46. The van der Waals surface area contributed by atoms with Gasteiger partial charge < -0.3 is 9.47 Å². The molecule has 0 radical (unpaired) electrons. The number of imide groups is 1. The summed E-state index contributed by atoms with van der Waals surface area (Å²) in [4.78, 5) is 26.6. The van der Waals surface area contributed by atoms with Crippen LogP contribution >= 0.6 is 35.0 Å². The molecule has 3 aromatic carbocycles.